The Morgan fingerprint density at radius 2 is 2.00 bits per heavy atom. The second-order valence-corrected chi connectivity index (χ2v) is 4.95. The smallest absolute Gasteiger partial charge is 0.0449 e. The number of hydrogen-bond acceptors (Lipinski definition) is 2. The molecule has 0 saturated heterocycles. The van der Waals surface area contributed by atoms with Crippen molar-refractivity contribution >= 4 is 0 Å². The number of hydrogen-bond donors (Lipinski definition) is 2. The highest BCUT2D eigenvalue weighted by atomic mass is 15.0. The van der Waals surface area contributed by atoms with Crippen LogP contribution in [0.3, 0.4) is 0 Å². The van der Waals surface area contributed by atoms with Crippen LogP contribution in [0.2, 0.25) is 0 Å². The van der Waals surface area contributed by atoms with Crippen LogP contribution in [0.4, 0.5) is 0 Å². The third-order valence-corrected chi connectivity index (χ3v) is 3.49. The van der Waals surface area contributed by atoms with Crippen molar-refractivity contribution in [2.45, 2.75) is 38.8 Å². The van der Waals surface area contributed by atoms with Gasteiger partial charge in [-0.25, -0.2) is 0 Å². The highest BCUT2D eigenvalue weighted by molar-refractivity contribution is 5.33. The minimum atomic E-state index is 0.278. The summed E-state index contributed by atoms with van der Waals surface area (Å²) in [6.45, 7) is 4.94. The Hall–Kier alpha value is -1.12. The zero-order valence-electron chi connectivity index (χ0n) is 10.7. The second kappa shape index (κ2) is 5.48. The van der Waals surface area contributed by atoms with Crippen LogP contribution in [0.5, 0.6) is 0 Å². The first kappa shape index (κ1) is 12.3. The summed E-state index contributed by atoms with van der Waals surface area (Å²) >= 11 is 0. The van der Waals surface area contributed by atoms with E-state index in [4.69, 9.17) is 5.73 Å². The first-order chi connectivity index (χ1) is 8.20. The highest BCUT2D eigenvalue weighted by Crippen LogP contribution is 2.21. The molecule has 2 rings (SSSR count). The predicted octanol–water partition coefficient (Wildman–Crippen LogP) is 2.61. The lowest BCUT2D eigenvalue weighted by molar-refractivity contribution is 0.452. The molecule has 2 heteroatoms. The zero-order valence-corrected chi connectivity index (χ0v) is 10.7. The largest absolute Gasteiger partial charge is 0.329 e. The Labute approximate surface area is 104 Å². The average molecular weight is 230 g/mol. The fourth-order valence-electron chi connectivity index (χ4n) is 2.46. The van der Waals surface area contributed by atoms with Crippen molar-refractivity contribution in [3.05, 3.63) is 47.0 Å². The van der Waals surface area contributed by atoms with Gasteiger partial charge in [-0.3, -0.25) is 0 Å². The molecule has 0 spiro atoms. The van der Waals surface area contributed by atoms with Crippen LogP contribution in [-0.2, 0) is 0 Å². The summed E-state index contributed by atoms with van der Waals surface area (Å²) in [5.74, 6) is 0. The monoisotopic (exact) mass is 230 g/mol. The van der Waals surface area contributed by atoms with Gasteiger partial charge in [-0.05, 0) is 37.8 Å². The molecule has 0 fully saturated rings. The third-order valence-electron chi connectivity index (χ3n) is 3.49. The standard InChI is InChI=1S/C15H22N2/c1-11-7-8-12(2)14(9-11)15(10-16)17-13-5-3-4-6-13/h3-4,7-9,13,15,17H,5-6,10,16H2,1-2H3. The van der Waals surface area contributed by atoms with Crippen LogP contribution in [0.15, 0.2) is 30.4 Å². The summed E-state index contributed by atoms with van der Waals surface area (Å²) < 4.78 is 0. The normalized spacial score (nSPS) is 17.6. The van der Waals surface area contributed by atoms with Crippen molar-refractivity contribution in [2.24, 2.45) is 5.73 Å². The molecule has 0 bridgehead atoms. The molecule has 1 aromatic rings. The molecule has 3 N–H and O–H groups in total. The van der Waals surface area contributed by atoms with Crippen molar-refractivity contribution in [1.82, 2.24) is 5.32 Å². The van der Waals surface area contributed by atoms with Crippen LogP contribution in [0, 0.1) is 13.8 Å². The zero-order chi connectivity index (χ0) is 12.3. The van der Waals surface area contributed by atoms with E-state index in [0.717, 1.165) is 12.8 Å². The molecular weight excluding hydrogens is 208 g/mol. The van der Waals surface area contributed by atoms with Crippen LogP contribution in [0.25, 0.3) is 0 Å². The van der Waals surface area contributed by atoms with Gasteiger partial charge in [0.25, 0.3) is 0 Å². The van der Waals surface area contributed by atoms with E-state index in [0.29, 0.717) is 12.6 Å². The topological polar surface area (TPSA) is 38.0 Å². The molecule has 92 valence electrons. The fourth-order valence-corrected chi connectivity index (χ4v) is 2.46. The van der Waals surface area contributed by atoms with E-state index in [1.807, 2.05) is 0 Å². The molecule has 1 aliphatic rings. The summed E-state index contributed by atoms with van der Waals surface area (Å²) in [5, 5.41) is 3.66. The second-order valence-electron chi connectivity index (χ2n) is 4.95. The van der Waals surface area contributed by atoms with Crippen molar-refractivity contribution < 1.29 is 0 Å². The van der Waals surface area contributed by atoms with Gasteiger partial charge in [-0.15, -0.1) is 0 Å². The maximum atomic E-state index is 5.92. The Balaban J connectivity index is 2.13. The Morgan fingerprint density at radius 3 is 2.65 bits per heavy atom. The van der Waals surface area contributed by atoms with Crippen molar-refractivity contribution in [3.63, 3.8) is 0 Å². The minimum absolute atomic E-state index is 0.278. The molecule has 1 atom stereocenters. The summed E-state index contributed by atoms with van der Waals surface area (Å²) in [6.07, 6.45) is 6.74. The third kappa shape index (κ3) is 2.96. The van der Waals surface area contributed by atoms with Crippen molar-refractivity contribution in [2.75, 3.05) is 6.54 Å². The van der Waals surface area contributed by atoms with Gasteiger partial charge in [-0.1, -0.05) is 35.9 Å². The molecule has 0 heterocycles. The molecular formula is C15H22N2. The van der Waals surface area contributed by atoms with E-state index in [1.54, 1.807) is 0 Å². The molecule has 2 nitrogen and oxygen atoms in total. The van der Waals surface area contributed by atoms with Crippen molar-refractivity contribution in [3.8, 4) is 0 Å². The van der Waals surface area contributed by atoms with E-state index >= 15 is 0 Å². The van der Waals surface area contributed by atoms with Gasteiger partial charge < -0.3 is 11.1 Å². The highest BCUT2D eigenvalue weighted by Gasteiger charge is 2.17. The molecule has 0 amide bonds. The number of nitrogens with one attached hydrogen (secondary N) is 1. The number of rotatable bonds is 4. The lowest BCUT2D eigenvalue weighted by Crippen LogP contribution is -2.35. The maximum Gasteiger partial charge on any atom is 0.0449 e. The summed E-state index contributed by atoms with van der Waals surface area (Å²) in [7, 11) is 0. The first-order valence-corrected chi connectivity index (χ1v) is 6.39. The summed E-state index contributed by atoms with van der Waals surface area (Å²) in [4.78, 5) is 0. The predicted molar refractivity (Wildman–Crippen MR) is 73.0 cm³/mol. The van der Waals surface area contributed by atoms with Crippen LogP contribution >= 0.6 is 0 Å². The van der Waals surface area contributed by atoms with E-state index in [2.05, 4.69) is 49.5 Å². The minimum Gasteiger partial charge on any atom is -0.329 e. The van der Waals surface area contributed by atoms with E-state index in [1.165, 1.54) is 16.7 Å². The van der Waals surface area contributed by atoms with Gasteiger partial charge in [0.05, 0.1) is 0 Å². The Kier molecular flexibility index (Phi) is 3.97. The van der Waals surface area contributed by atoms with Gasteiger partial charge in [0.1, 0.15) is 0 Å². The number of nitrogens with two attached hydrogens (primary N) is 1. The van der Waals surface area contributed by atoms with Crippen LogP contribution < -0.4 is 11.1 Å². The van der Waals surface area contributed by atoms with Gasteiger partial charge in [-0.2, -0.15) is 0 Å². The Bertz CT molecular complexity index is 401. The fraction of sp³-hybridized carbons (Fsp3) is 0.467. The quantitative estimate of drug-likeness (QED) is 0.780. The molecule has 17 heavy (non-hydrogen) atoms. The van der Waals surface area contributed by atoms with E-state index in [-0.39, 0.29) is 6.04 Å². The van der Waals surface area contributed by atoms with Gasteiger partial charge in [0.2, 0.25) is 0 Å². The molecule has 1 unspecified atom stereocenters. The maximum absolute atomic E-state index is 5.92. The Morgan fingerprint density at radius 1 is 1.29 bits per heavy atom. The SMILES string of the molecule is Cc1ccc(C)c(C(CN)NC2CC=CC2)c1. The number of benzene rings is 1. The number of aryl methyl sites for hydroxylation is 2. The van der Waals surface area contributed by atoms with Crippen LogP contribution in [-0.4, -0.2) is 12.6 Å². The molecule has 1 aromatic carbocycles. The van der Waals surface area contributed by atoms with E-state index in [9.17, 15) is 0 Å². The molecule has 0 radical (unpaired) electrons. The summed E-state index contributed by atoms with van der Waals surface area (Å²) in [6, 6.07) is 7.43. The first-order valence-electron chi connectivity index (χ1n) is 6.39. The summed E-state index contributed by atoms with van der Waals surface area (Å²) in [5.41, 5.74) is 9.89. The molecule has 0 saturated carbocycles. The van der Waals surface area contributed by atoms with Crippen LogP contribution in [0.1, 0.15) is 35.6 Å². The molecule has 0 aliphatic heterocycles. The molecule has 1 aliphatic carbocycles. The van der Waals surface area contributed by atoms with E-state index < -0.39 is 0 Å². The van der Waals surface area contributed by atoms with Gasteiger partial charge in [0, 0.05) is 18.6 Å². The lowest BCUT2D eigenvalue weighted by Gasteiger charge is -2.24. The van der Waals surface area contributed by atoms with Gasteiger partial charge >= 0.3 is 0 Å². The average Bonchev–Trinajstić information content (AvgIpc) is 2.82. The molecule has 0 aromatic heterocycles. The lowest BCUT2D eigenvalue weighted by atomic mass is 9.98. The van der Waals surface area contributed by atoms with Gasteiger partial charge in [0.15, 0.2) is 0 Å². The van der Waals surface area contributed by atoms with Crippen molar-refractivity contribution in [1.29, 1.82) is 0 Å².